The number of nitrogens with one attached hydrogen (secondary N) is 2. The van der Waals surface area contributed by atoms with Crippen molar-refractivity contribution in [2.75, 3.05) is 18.1 Å². The van der Waals surface area contributed by atoms with Gasteiger partial charge in [-0.15, -0.1) is 23.1 Å². The molecule has 0 radical (unpaired) electrons. The van der Waals surface area contributed by atoms with E-state index in [9.17, 15) is 14.4 Å². The highest BCUT2D eigenvalue weighted by Crippen LogP contribution is 2.21. The average Bonchev–Trinajstić information content (AvgIpc) is 2.84. The quantitative estimate of drug-likeness (QED) is 0.581. The van der Waals surface area contributed by atoms with Crippen molar-refractivity contribution in [2.24, 2.45) is 0 Å². The third kappa shape index (κ3) is 6.96. The van der Waals surface area contributed by atoms with Gasteiger partial charge in [-0.05, 0) is 35.0 Å². The van der Waals surface area contributed by atoms with E-state index in [0.717, 1.165) is 3.79 Å². The molecule has 0 spiro atoms. The predicted molar refractivity (Wildman–Crippen MR) is 86.9 cm³/mol. The number of rotatable bonds is 8. The molecule has 1 unspecified atom stereocenters. The topological polar surface area (TPSA) is 95.5 Å². The van der Waals surface area contributed by atoms with E-state index in [-0.39, 0.29) is 17.6 Å². The van der Waals surface area contributed by atoms with Crippen LogP contribution in [0.2, 0.25) is 0 Å². The van der Waals surface area contributed by atoms with Gasteiger partial charge in [-0.3, -0.25) is 14.4 Å². The standard InChI is InChI=1S/C12H15BrN2O4S2/c1-7(11(18)14-4-5-20-6-10(16)17)15-12(19)8-2-3-9(13)21-8/h2-3,7H,4-6H2,1H3,(H,14,18)(H,15,19)(H,16,17). The van der Waals surface area contributed by atoms with E-state index in [4.69, 9.17) is 5.11 Å². The lowest BCUT2D eigenvalue weighted by Crippen LogP contribution is -2.45. The fourth-order valence-corrected chi connectivity index (χ4v) is 3.18. The number of aliphatic carboxylic acids is 1. The Balaban J connectivity index is 2.27. The molecule has 21 heavy (non-hydrogen) atoms. The number of hydrogen-bond donors (Lipinski definition) is 3. The molecule has 1 atom stereocenters. The SMILES string of the molecule is CC(NC(=O)c1ccc(Br)s1)C(=O)NCCSCC(=O)O. The summed E-state index contributed by atoms with van der Waals surface area (Å²) < 4.78 is 0.847. The summed E-state index contributed by atoms with van der Waals surface area (Å²) in [6.45, 7) is 1.96. The maximum atomic E-state index is 11.9. The van der Waals surface area contributed by atoms with Crippen molar-refractivity contribution >= 4 is 56.8 Å². The van der Waals surface area contributed by atoms with Crippen molar-refractivity contribution in [1.29, 1.82) is 0 Å². The van der Waals surface area contributed by atoms with Crippen LogP contribution in [0, 0.1) is 0 Å². The number of thiophene rings is 1. The molecule has 0 bridgehead atoms. The third-order valence-corrected chi connectivity index (χ3v) is 4.88. The summed E-state index contributed by atoms with van der Waals surface area (Å²) in [6, 6.07) is 2.80. The van der Waals surface area contributed by atoms with E-state index in [1.165, 1.54) is 23.1 Å². The first kappa shape index (κ1) is 18.0. The Morgan fingerprint density at radius 1 is 1.43 bits per heavy atom. The second-order valence-electron chi connectivity index (χ2n) is 4.04. The summed E-state index contributed by atoms with van der Waals surface area (Å²) in [7, 11) is 0. The van der Waals surface area contributed by atoms with Gasteiger partial charge < -0.3 is 15.7 Å². The minimum atomic E-state index is -0.880. The molecule has 0 aliphatic carbocycles. The number of amides is 2. The van der Waals surface area contributed by atoms with E-state index < -0.39 is 12.0 Å². The Morgan fingerprint density at radius 3 is 2.71 bits per heavy atom. The summed E-state index contributed by atoms with van der Waals surface area (Å²) in [5.41, 5.74) is 0. The van der Waals surface area contributed by atoms with Crippen LogP contribution in [-0.4, -0.2) is 47.0 Å². The minimum Gasteiger partial charge on any atom is -0.481 e. The second-order valence-corrected chi connectivity index (χ2v) is 7.60. The molecule has 3 N–H and O–H groups in total. The monoisotopic (exact) mass is 394 g/mol. The van der Waals surface area contributed by atoms with Crippen LogP contribution in [0.25, 0.3) is 0 Å². The van der Waals surface area contributed by atoms with Crippen LogP contribution in [0.15, 0.2) is 15.9 Å². The Bertz CT molecular complexity index is 521. The molecular formula is C12H15BrN2O4S2. The van der Waals surface area contributed by atoms with Crippen molar-refractivity contribution < 1.29 is 19.5 Å². The lowest BCUT2D eigenvalue weighted by Gasteiger charge is -2.13. The van der Waals surface area contributed by atoms with Gasteiger partial charge >= 0.3 is 5.97 Å². The second kappa shape index (κ2) is 9.06. The molecule has 0 saturated heterocycles. The Kier molecular flexibility index (Phi) is 7.76. The molecule has 0 saturated carbocycles. The number of halogens is 1. The van der Waals surface area contributed by atoms with Gasteiger partial charge in [0.05, 0.1) is 14.4 Å². The summed E-state index contributed by atoms with van der Waals surface area (Å²) in [5, 5.41) is 13.7. The molecule has 0 aliphatic rings. The fraction of sp³-hybridized carbons (Fsp3) is 0.417. The number of carbonyl (C=O) groups excluding carboxylic acids is 2. The van der Waals surface area contributed by atoms with Crippen LogP contribution >= 0.6 is 39.0 Å². The first-order chi connectivity index (χ1) is 9.90. The van der Waals surface area contributed by atoms with Crippen molar-refractivity contribution in [3.63, 3.8) is 0 Å². The van der Waals surface area contributed by atoms with E-state index in [1.807, 2.05) is 0 Å². The summed E-state index contributed by atoms with van der Waals surface area (Å²) in [5.74, 6) is -0.955. The van der Waals surface area contributed by atoms with Gasteiger partial charge in [-0.25, -0.2) is 0 Å². The number of carbonyl (C=O) groups is 3. The van der Waals surface area contributed by atoms with Crippen LogP contribution in [0.4, 0.5) is 0 Å². The summed E-state index contributed by atoms with van der Waals surface area (Å²) in [6.07, 6.45) is 0. The molecule has 9 heteroatoms. The summed E-state index contributed by atoms with van der Waals surface area (Å²) >= 11 is 5.78. The van der Waals surface area contributed by atoms with E-state index in [0.29, 0.717) is 17.2 Å². The molecule has 0 aromatic carbocycles. The lowest BCUT2D eigenvalue weighted by atomic mass is 10.3. The van der Waals surface area contributed by atoms with Crippen molar-refractivity contribution in [3.05, 3.63) is 20.8 Å². The van der Waals surface area contributed by atoms with Crippen LogP contribution in [0.5, 0.6) is 0 Å². The molecule has 1 rings (SSSR count). The van der Waals surface area contributed by atoms with Gasteiger partial charge in [0.15, 0.2) is 0 Å². The molecule has 6 nitrogen and oxygen atoms in total. The first-order valence-electron chi connectivity index (χ1n) is 6.03. The fourth-order valence-electron chi connectivity index (χ4n) is 1.33. The van der Waals surface area contributed by atoms with Gasteiger partial charge in [-0.1, -0.05) is 0 Å². The minimum absolute atomic E-state index is 0.00934. The van der Waals surface area contributed by atoms with Crippen molar-refractivity contribution in [3.8, 4) is 0 Å². The molecule has 1 heterocycles. The molecular weight excluding hydrogens is 380 g/mol. The van der Waals surface area contributed by atoms with E-state index >= 15 is 0 Å². The Labute approximate surface area is 138 Å². The van der Waals surface area contributed by atoms with E-state index in [1.54, 1.807) is 19.1 Å². The van der Waals surface area contributed by atoms with Crippen LogP contribution in [0.3, 0.4) is 0 Å². The highest BCUT2D eigenvalue weighted by Gasteiger charge is 2.17. The normalized spacial score (nSPS) is 11.7. The van der Waals surface area contributed by atoms with Crippen LogP contribution in [-0.2, 0) is 9.59 Å². The van der Waals surface area contributed by atoms with Crippen molar-refractivity contribution in [2.45, 2.75) is 13.0 Å². The molecule has 0 fully saturated rings. The third-order valence-electron chi connectivity index (χ3n) is 2.31. The summed E-state index contributed by atoms with van der Waals surface area (Å²) in [4.78, 5) is 34.4. The highest BCUT2D eigenvalue weighted by atomic mass is 79.9. The van der Waals surface area contributed by atoms with Gasteiger partial charge in [0.2, 0.25) is 5.91 Å². The zero-order chi connectivity index (χ0) is 15.8. The van der Waals surface area contributed by atoms with E-state index in [2.05, 4.69) is 26.6 Å². The largest absolute Gasteiger partial charge is 0.481 e. The lowest BCUT2D eigenvalue weighted by molar-refractivity contribution is -0.133. The number of thioether (sulfide) groups is 1. The predicted octanol–water partition coefficient (Wildman–Crippen LogP) is 1.56. The maximum Gasteiger partial charge on any atom is 0.313 e. The zero-order valence-electron chi connectivity index (χ0n) is 11.2. The molecule has 0 aliphatic heterocycles. The number of carboxylic acids is 1. The molecule has 1 aromatic rings. The maximum absolute atomic E-state index is 11.9. The Hall–Kier alpha value is -1.06. The first-order valence-corrected chi connectivity index (χ1v) is 8.80. The van der Waals surface area contributed by atoms with Gasteiger partial charge in [-0.2, -0.15) is 0 Å². The van der Waals surface area contributed by atoms with Gasteiger partial charge in [0.25, 0.3) is 5.91 Å². The Morgan fingerprint density at radius 2 is 2.14 bits per heavy atom. The van der Waals surface area contributed by atoms with Crippen LogP contribution < -0.4 is 10.6 Å². The molecule has 116 valence electrons. The smallest absolute Gasteiger partial charge is 0.313 e. The number of hydrogen-bond acceptors (Lipinski definition) is 5. The van der Waals surface area contributed by atoms with Gasteiger partial charge in [0.1, 0.15) is 6.04 Å². The number of carboxylic acid groups (broad SMARTS) is 1. The highest BCUT2D eigenvalue weighted by molar-refractivity contribution is 9.11. The molecule has 1 aromatic heterocycles. The zero-order valence-corrected chi connectivity index (χ0v) is 14.4. The van der Waals surface area contributed by atoms with Gasteiger partial charge in [0, 0.05) is 12.3 Å². The average molecular weight is 395 g/mol. The van der Waals surface area contributed by atoms with Crippen molar-refractivity contribution in [1.82, 2.24) is 10.6 Å². The molecule has 2 amide bonds. The van der Waals surface area contributed by atoms with Crippen LogP contribution in [0.1, 0.15) is 16.6 Å².